The van der Waals surface area contributed by atoms with E-state index in [0.29, 0.717) is 0 Å². The van der Waals surface area contributed by atoms with E-state index in [1.54, 1.807) is 0 Å². The molecular weight excluding hydrogens is 446 g/mol. The second-order valence-electron chi connectivity index (χ2n) is 9.41. The molecule has 0 bridgehead atoms. The highest BCUT2D eigenvalue weighted by molar-refractivity contribution is 6.11. The van der Waals surface area contributed by atoms with Crippen molar-refractivity contribution in [2.45, 2.75) is 0 Å². The van der Waals surface area contributed by atoms with Crippen LogP contribution in [0.25, 0.3) is 60.9 Å². The van der Waals surface area contributed by atoms with Crippen LogP contribution in [0, 0.1) is 0 Å². The molecule has 1 aromatic heterocycles. The number of nitrogens with zero attached hydrogens (tertiary/aromatic N) is 1. The van der Waals surface area contributed by atoms with Crippen LogP contribution in [0.3, 0.4) is 0 Å². The first-order chi connectivity index (χ1) is 18.4. The van der Waals surface area contributed by atoms with Crippen LogP contribution in [-0.2, 0) is 0 Å². The molecule has 0 radical (unpaired) electrons. The molecule has 174 valence electrons. The van der Waals surface area contributed by atoms with E-state index >= 15 is 0 Å². The first-order valence-electron chi connectivity index (χ1n) is 12.7. The van der Waals surface area contributed by atoms with Crippen LogP contribution in [0.15, 0.2) is 152 Å². The number of hydrogen-bond acceptors (Lipinski definition) is 0. The Morgan fingerprint density at radius 3 is 1.59 bits per heavy atom. The molecule has 0 saturated carbocycles. The monoisotopic (exact) mass is 471 g/mol. The highest BCUT2D eigenvalue weighted by Crippen LogP contribution is 2.38. The van der Waals surface area contributed by atoms with E-state index in [-0.39, 0.29) is 0 Å². The van der Waals surface area contributed by atoms with Gasteiger partial charge < -0.3 is 4.57 Å². The molecule has 0 fully saturated rings. The van der Waals surface area contributed by atoms with Crippen LogP contribution >= 0.6 is 0 Å². The van der Waals surface area contributed by atoms with Crippen LogP contribution in [0.1, 0.15) is 0 Å². The lowest BCUT2D eigenvalue weighted by Gasteiger charge is -2.14. The minimum Gasteiger partial charge on any atom is -0.309 e. The van der Waals surface area contributed by atoms with Crippen molar-refractivity contribution < 1.29 is 0 Å². The Hall–Kier alpha value is -4.88. The smallest absolute Gasteiger partial charge is 0.0541 e. The highest BCUT2D eigenvalue weighted by atomic mass is 15.0. The standard InChI is InChI=1S/C36H25N/c1-3-11-26(12-4-1)27-19-21-28(22-20-27)30-23-24-36-33(25-30)32-16-8-10-18-35(32)37(36)34-17-9-7-15-31(34)29-13-5-2-6-14-29/h1-25H. The molecule has 7 rings (SSSR count). The third-order valence-corrected chi connectivity index (χ3v) is 7.23. The predicted octanol–water partition coefficient (Wildman–Crippen LogP) is 9.78. The van der Waals surface area contributed by atoms with Gasteiger partial charge >= 0.3 is 0 Å². The van der Waals surface area contributed by atoms with Crippen LogP contribution in [0.5, 0.6) is 0 Å². The third-order valence-electron chi connectivity index (χ3n) is 7.23. The minimum atomic E-state index is 1.19. The SMILES string of the molecule is c1ccc(-c2ccc(-c3ccc4c(c3)c3ccccc3n4-c3ccccc3-c3ccccc3)cc2)cc1. The highest BCUT2D eigenvalue weighted by Gasteiger charge is 2.16. The number of benzene rings is 6. The lowest BCUT2D eigenvalue weighted by atomic mass is 9.99. The van der Waals surface area contributed by atoms with E-state index in [4.69, 9.17) is 0 Å². The maximum absolute atomic E-state index is 2.41. The molecule has 0 aliphatic heterocycles. The molecule has 37 heavy (non-hydrogen) atoms. The molecule has 0 aliphatic carbocycles. The lowest BCUT2D eigenvalue weighted by Crippen LogP contribution is -1.96. The maximum Gasteiger partial charge on any atom is 0.0541 e. The zero-order valence-corrected chi connectivity index (χ0v) is 20.4. The van der Waals surface area contributed by atoms with E-state index in [1.165, 1.54) is 60.9 Å². The van der Waals surface area contributed by atoms with Crippen LogP contribution in [0.4, 0.5) is 0 Å². The molecule has 1 nitrogen and oxygen atoms in total. The van der Waals surface area contributed by atoms with Gasteiger partial charge in [0.1, 0.15) is 0 Å². The number of hydrogen-bond donors (Lipinski definition) is 0. The minimum absolute atomic E-state index is 1.19. The Morgan fingerprint density at radius 1 is 0.324 bits per heavy atom. The molecule has 0 spiro atoms. The zero-order valence-electron chi connectivity index (χ0n) is 20.4. The second kappa shape index (κ2) is 8.96. The molecule has 0 atom stereocenters. The van der Waals surface area contributed by atoms with E-state index in [0.717, 1.165) is 0 Å². The van der Waals surface area contributed by atoms with Gasteiger partial charge in [-0.2, -0.15) is 0 Å². The van der Waals surface area contributed by atoms with Crippen molar-refractivity contribution in [1.29, 1.82) is 0 Å². The second-order valence-corrected chi connectivity index (χ2v) is 9.41. The van der Waals surface area contributed by atoms with Crippen molar-refractivity contribution in [1.82, 2.24) is 4.57 Å². The van der Waals surface area contributed by atoms with Gasteiger partial charge in [0.15, 0.2) is 0 Å². The summed E-state index contributed by atoms with van der Waals surface area (Å²) in [5.74, 6) is 0. The topological polar surface area (TPSA) is 4.93 Å². The summed E-state index contributed by atoms with van der Waals surface area (Å²) < 4.78 is 2.41. The van der Waals surface area contributed by atoms with Crippen molar-refractivity contribution in [3.63, 3.8) is 0 Å². The summed E-state index contributed by atoms with van der Waals surface area (Å²) in [5, 5.41) is 2.53. The number of rotatable bonds is 4. The molecule has 0 aliphatic rings. The fourth-order valence-corrected chi connectivity index (χ4v) is 5.43. The number of para-hydroxylation sites is 2. The summed E-state index contributed by atoms with van der Waals surface area (Å²) in [6.45, 7) is 0. The Labute approximate surface area is 216 Å². The quantitative estimate of drug-likeness (QED) is 0.241. The lowest BCUT2D eigenvalue weighted by molar-refractivity contribution is 1.18. The maximum atomic E-state index is 2.41. The molecule has 0 unspecified atom stereocenters. The van der Waals surface area contributed by atoms with Crippen molar-refractivity contribution in [3.8, 4) is 39.1 Å². The third kappa shape index (κ3) is 3.73. The molecule has 1 heterocycles. The van der Waals surface area contributed by atoms with Gasteiger partial charge in [0.2, 0.25) is 0 Å². The van der Waals surface area contributed by atoms with Gasteiger partial charge in [-0.05, 0) is 52.1 Å². The van der Waals surface area contributed by atoms with Gasteiger partial charge in [-0.25, -0.2) is 0 Å². The normalized spacial score (nSPS) is 11.2. The summed E-state index contributed by atoms with van der Waals surface area (Å²) in [6, 6.07) is 54.4. The van der Waals surface area contributed by atoms with Gasteiger partial charge in [0.05, 0.1) is 16.7 Å². The van der Waals surface area contributed by atoms with Crippen LogP contribution < -0.4 is 0 Å². The number of fused-ring (bicyclic) bond motifs is 3. The Kier molecular flexibility index (Phi) is 5.19. The summed E-state index contributed by atoms with van der Waals surface area (Å²) in [6.07, 6.45) is 0. The van der Waals surface area contributed by atoms with Gasteiger partial charge in [-0.15, -0.1) is 0 Å². The summed E-state index contributed by atoms with van der Waals surface area (Å²) in [4.78, 5) is 0. The largest absolute Gasteiger partial charge is 0.309 e. The van der Waals surface area contributed by atoms with E-state index in [9.17, 15) is 0 Å². The average molecular weight is 472 g/mol. The van der Waals surface area contributed by atoms with Crippen molar-refractivity contribution >= 4 is 21.8 Å². The first kappa shape index (κ1) is 21.4. The molecule has 0 amide bonds. The summed E-state index contributed by atoms with van der Waals surface area (Å²) >= 11 is 0. The Bertz CT molecular complexity index is 1840. The molecule has 6 aromatic carbocycles. The Balaban J connectivity index is 1.40. The summed E-state index contributed by atoms with van der Waals surface area (Å²) in [5.41, 5.74) is 11.0. The fourth-order valence-electron chi connectivity index (χ4n) is 5.43. The Morgan fingerprint density at radius 2 is 0.838 bits per heavy atom. The van der Waals surface area contributed by atoms with E-state index in [2.05, 4.69) is 156 Å². The average Bonchev–Trinajstić information content (AvgIpc) is 3.32. The van der Waals surface area contributed by atoms with Gasteiger partial charge in [0.25, 0.3) is 0 Å². The van der Waals surface area contributed by atoms with Crippen molar-refractivity contribution in [2.75, 3.05) is 0 Å². The van der Waals surface area contributed by atoms with E-state index in [1.807, 2.05) is 0 Å². The van der Waals surface area contributed by atoms with Crippen LogP contribution in [-0.4, -0.2) is 4.57 Å². The van der Waals surface area contributed by atoms with Gasteiger partial charge in [-0.1, -0.05) is 127 Å². The zero-order chi connectivity index (χ0) is 24.6. The summed E-state index contributed by atoms with van der Waals surface area (Å²) in [7, 11) is 0. The van der Waals surface area contributed by atoms with Gasteiger partial charge in [-0.3, -0.25) is 0 Å². The van der Waals surface area contributed by atoms with Crippen LogP contribution in [0.2, 0.25) is 0 Å². The van der Waals surface area contributed by atoms with E-state index < -0.39 is 0 Å². The molecule has 0 saturated heterocycles. The number of aromatic nitrogens is 1. The molecule has 0 N–H and O–H groups in total. The predicted molar refractivity (Wildman–Crippen MR) is 157 cm³/mol. The van der Waals surface area contributed by atoms with Crippen molar-refractivity contribution in [2.24, 2.45) is 0 Å². The molecule has 7 aromatic rings. The first-order valence-corrected chi connectivity index (χ1v) is 12.7. The fraction of sp³-hybridized carbons (Fsp3) is 0. The molecule has 1 heteroatoms. The van der Waals surface area contributed by atoms with Crippen molar-refractivity contribution in [3.05, 3.63) is 152 Å². The van der Waals surface area contributed by atoms with Gasteiger partial charge in [0, 0.05) is 16.3 Å². The molecular formula is C36H25N.